The highest BCUT2D eigenvalue weighted by molar-refractivity contribution is 5.74. The van der Waals surface area contributed by atoms with Crippen LogP contribution in [0.5, 0.6) is 0 Å². The third-order valence-corrected chi connectivity index (χ3v) is 3.66. The fourth-order valence-corrected chi connectivity index (χ4v) is 2.70. The summed E-state index contributed by atoms with van der Waals surface area (Å²) < 4.78 is 0. The molecule has 0 saturated carbocycles. The number of rotatable bonds is 5. The highest BCUT2D eigenvalue weighted by atomic mass is 16.3. The zero-order valence-corrected chi connectivity index (χ0v) is 12.1. The summed E-state index contributed by atoms with van der Waals surface area (Å²) in [5, 5.41) is 22.1. The lowest BCUT2D eigenvalue weighted by atomic mass is 9.94. The predicted octanol–water partition coefficient (Wildman–Crippen LogP) is 0.973. The van der Waals surface area contributed by atoms with Gasteiger partial charge in [-0.3, -0.25) is 5.10 Å². The van der Waals surface area contributed by atoms with Crippen LogP contribution in [0.25, 0.3) is 0 Å². The number of aromatic nitrogens is 2. The van der Waals surface area contributed by atoms with Crippen molar-refractivity contribution in [2.24, 2.45) is 5.92 Å². The molecule has 6 heteroatoms. The lowest BCUT2D eigenvalue weighted by molar-refractivity contribution is 0.204. The first kappa shape index (κ1) is 14.8. The molecule has 0 spiro atoms. The molecule has 112 valence electrons. The number of urea groups is 1. The minimum absolute atomic E-state index is 0.0256. The summed E-state index contributed by atoms with van der Waals surface area (Å²) in [4.78, 5) is 12.0. The Morgan fingerprint density at radius 2 is 2.40 bits per heavy atom. The van der Waals surface area contributed by atoms with Crippen molar-refractivity contribution in [3.63, 3.8) is 0 Å². The highest BCUT2D eigenvalue weighted by Crippen LogP contribution is 2.18. The summed E-state index contributed by atoms with van der Waals surface area (Å²) in [7, 11) is 0. The summed E-state index contributed by atoms with van der Waals surface area (Å²) >= 11 is 0. The van der Waals surface area contributed by atoms with E-state index in [1.165, 1.54) is 11.3 Å². The number of carbonyl (C=O) groups is 1. The van der Waals surface area contributed by atoms with Gasteiger partial charge in [0, 0.05) is 11.7 Å². The first-order valence-corrected chi connectivity index (χ1v) is 7.27. The minimum atomic E-state index is -0.193. The summed E-state index contributed by atoms with van der Waals surface area (Å²) in [6, 6.07) is -0.233. The molecule has 2 amide bonds. The molecule has 2 atom stereocenters. The van der Waals surface area contributed by atoms with Crippen molar-refractivity contribution in [3.8, 4) is 0 Å². The quantitative estimate of drug-likeness (QED) is 0.648. The number of fused-ring (bicyclic) bond motifs is 1. The first-order chi connectivity index (χ1) is 9.58. The Morgan fingerprint density at radius 3 is 3.10 bits per heavy atom. The fraction of sp³-hybridized carbons (Fsp3) is 0.714. The second-order valence-corrected chi connectivity index (χ2v) is 5.94. The zero-order valence-electron chi connectivity index (χ0n) is 12.1. The number of amides is 2. The van der Waals surface area contributed by atoms with Gasteiger partial charge in [-0.2, -0.15) is 5.10 Å². The Kier molecular flexibility index (Phi) is 5.00. The number of nitrogens with zero attached hydrogens (tertiary/aromatic N) is 1. The van der Waals surface area contributed by atoms with Crippen molar-refractivity contribution >= 4 is 6.03 Å². The smallest absolute Gasteiger partial charge is 0.315 e. The van der Waals surface area contributed by atoms with Crippen LogP contribution in [0, 0.1) is 5.92 Å². The summed E-state index contributed by atoms with van der Waals surface area (Å²) in [5.41, 5.74) is 2.36. The van der Waals surface area contributed by atoms with Gasteiger partial charge in [0.15, 0.2) is 0 Å². The number of aliphatic hydroxyl groups excluding tert-OH is 1. The number of hydrogen-bond donors (Lipinski definition) is 4. The third kappa shape index (κ3) is 3.96. The largest absolute Gasteiger partial charge is 0.394 e. The molecule has 6 nitrogen and oxygen atoms in total. The van der Waals surface area contributed by atoms with E-state index in [0.717, 1.165) is 25.7 Å². The molecule has 1 heterocycles. The van der Waals surface area contributed by atoms with Crippen molar-refractivity contribution in [1.29, 1.82) is 0 Å². The predicted molar refractivity (Wildman–Crippen MR) is 76.4 cm³/mol. The first-order valence-electron chi connectivity index (χ1n) is 7.27. The molecule has 0 radical (unpaired) electrons. The highest BCUT2D eigenvalue weighted by Gasteiger charge is 2.22. The second-order valence-electron chi connectivity index (χ2n) is 5.94. The van der Waals surface area contributed by atoms with Crippen molar-refractivity contribution in [2.75, 3.05) is 6.61 Å². The van der Waals surface area contributed by atoms with E-state index in [-0.39, 0.29) is 24.7 Å². The Bertz CT molecular complexity index is 444. The zero-order chi connectivity index (χ0) is 14.5. The standard InChI is InChI=1S/C14H24N4O2/c1-9(2)5-12(8-19)17-14(20)16-11-3-4-13-10(6-11)7-15-18-13/h7,9,11-12,19H,3-6,8H2,1-2H3,(H,15,18)(H2,16,17,20). The normalized spacial score (nSPS) is 19.5. The van der Waals surface area contributed by atoms with Gasteiger partial charge >= 0.3 is 6.03 Å². The van der Waals surface area contributed by atoms with Gasteiger partial charge in [0.05, 0.1) is 18.8 Å². The van der Waals surface area contributed by atoms with Crippen molar-refractivity contribution in [1.82, 2.24) is 20.8 Å². The van der Waals surface area contributed by atoms with E-state index in [4.69, 9.17) is 0 Å². The monoisotopic (exact) mass is 280 g/mol. The van der Waals surface area contributed by atoms with Gasteiger partial charge in [-0.15, -0.1) is 0 Å². The van der Waals surface area contributed by atoms with Gasteiger partial charge in [0.25, 0.3) is 0 Å². The third-order valence-electron chi connectivity index (χ3n) is 3.66. The van der Waals surface area contributed by atoms with Crippen LogP contribution in [0.3, 0.4) is 0 Å². The van der Waals surface area contributed by atoms with Gasteiger partial charge < -0.3 is 15.7 Å². The van der Waals surface area contributed by atoms with Crippen LogP contribution in [-0.4, -0.2) is 40.0 Å². The SMILES string of the molecule is CC(C)CC(CO)NC(=O)NC1CCc2[nH]ncc2C1. The topological polar surface area (TPSA) is 90.0 Å². The van der Waals surface area contributed by atoms with Crippen LogP contribution in [-0.2, 0) is 12.8 Å². The molecule has 0 bridgehead atoms. The summed E-state index contributed by atoms with van der Waals surface area (Å²) in [6.07, 6.45) is 5.25. The van der Waals surface area contributed by atoms with Crippen molar-refractivity contribution in [2.45, 2.75) is 51.6 Å². The van der Waals surface area contributed by atoms with Crippen LogP contribution in [0.15, 0.2) is 6.20 Å². The van der Waals surface area contributed by atoms with Gasteiger partial charge in [0.1, 0.15) is 0 Å². The van der Waals surface area contributed by atoms with Crippen molar-refractivity contribution < 1.29 is 9.90 Å². The van der Waals surface area contributed by atoms with E-state index in [2.05, 4.69) is 34.7 Å². The maximum Gasteiger partial charge on any atom is 0.315 e. The molecule has 1 aromatic rings. The Morgan fingerprint density at radius 1 is 1.60 bits per heavy atom. The molecule has 2 rings (SSSR count). The molecular weight excluding hydrogens is 256 g/mol. The number of aryl methyl sites for hydroxylation is 1. The van der Waals surface area contributed by atoms with E-state index in [0.29, 0.717) is 5.92 Å². The Balaban J connectivity index is 1.80. The molecular formula is C14H24N4O2. The maximum absolute atomic E-state index is 12.0. The van der Waals surface area contributed by atoms with Crippen molar-refractivity contribution in [3.05, 3.63) is 17.5 Å². The number of aliphatic hydroxyl groups is 1. The molecule has 4 N–H and O–H groups in total. The van der Waals surface area contributed by atoms with E-state index in [1.54, 1.807) is 0 Å². The fourth-order valence-electron chi connectivity index (χ4n) is 2.70. The molecule has 0 aromatic carbocycles. The lowest BCUT2D eigenvalue weighted by Gasteiger charge is -2.25. The number of hydrogen-bond acceptors (Lipinski definition) is 3. The number of carbonyl (C=O) groups excluding carboxylic acids is 1. The average Bonchev–Trinajstić information content (AvgIpc) is 2.84. The molecule has 0 fully saturated rings. The minimum Gasteiger partial charge on any atom is -0.394 e. The molecule has 0 saturated heterocycles. The molecule has 1 aliphatic carbocycles. The Hall–Kier alpha value is -1.56. The van der Waals surface area contributed by atoms with Crippen LogP contribution < -0.4 is 10.6 Å². The summed E-state index contributed by atoms with van der Waals surface area (Å²) in [6.45, 7) is 4.12. The molecule has 0 aliphatic heterocycles. The molecule has 1 aromatic heterocycles. The molecule has 20 heavy (non-hydrogen) atoms. The molecule has 1 aliphatic rings. The van der Waals surface area contributed by atoms with Crippen LogP contribution in [0.4, 0.5) is 4.79 Å². The van der Waals surface area contributed by atoms with Gasteiger partial charge in [-0.1, -0.05) is 13.8 Å². The van der Waals surface area contributed by atoms with E-state index >= 15 is 0 Å². The summed E-state index contributed by atoms with van der Waals surface area (Å²) in [5.74, 6) is 0.440. The number of aromatic amines is 1. The average molecular weight is 280 g/mol. The second kappa shape index (κ2) is 6.74. The Labute approximate surface area is 119 Å². The van der Waals surface area contributed by atoms with E-state index in [9.17, 15) is 9.90 Å². The maximum atomic E-state index is 12.0. The number of nitrogens with one attached hydrogen (secondary N) is 3. The van der Waals surface area contributed by atoms with E-state index < -0.39 is 0 Å². The van der Waals surface area contributed by atoms with E-state index in [1.807, 2.05) is 6.20 Å². The van der Waals surface area contributed by atoms with Crippen LogP contribution in [0.2, 0.25) is 0 Å². The number of H-pyrrole nitrogens is 1. The lowest BCUT2D eigenvalue weighted by Crippen LogP contribution is -2.49. The van der Waals surface area contributed by atoms with Gasteiger partial charge in [-0.25, -0.2) is 4.79 Å². The van der Waals surface area contributed by atoms with Crippen LogP contribution >= 0.6 is 0 Å². The van der Waals surface area contributed by atoms with Gasteiger partial charge in [0.2, 0.25) is 0 Å². The van der Waals surface area contributed by atoms with Crippen LogP contribution in [0.1, 0.15) is 37.9 Å². The molecule has 2 unspecified atom stereocenters. The van der Waals surface area contributed by atoms with Gasteiger partial charge in [-0.05, 0) is 37.2 Å².